The van der Waals surface area contributed by atoms with Crippen molar-refractivity contribution in [1.82, 2.24) is 14.5 Å². The second-order valence-electron chi connectivity index (χ2n) is 9.17. The minimum Gasteiger partial charge on any atom is -0.403 e. The van der Waals surface area contributed by atoms with E-state index in [2.05, 4.69) is 34.6 Å². The fourth-order valence-electron chi connectivity index (χ4n) is 4.58. The molecule has 1 aliphatic heterocycles. The molecule has 0 unspecified atom stereocenters. The number of carbonyl (C=O) groups is 1. The number of nitrogens with one attached hydrogen (secondary N) is 1. The molecule has 1 aliphatic carbocycles. The lowest BCUT2D eigenvalue weighted by atomic mass is 9.90. The largest absolute Gasteiger partial charge is 0.403 e. The number of anilines is 1. The summed E-state index contributed by atoms with van der Waals surface area (Å²) in [6.07, 6.45) is 6.25. The molecule has 3 aromatic rings. The van der Waals surface area contributed by atoms with Crippen LogP contribution < -0.4 is 5.32 Å². The summed E-state index contributed by atoms with van der Waals surface area (Å²) in [5, 5.41) is 10.6. The molecular weight excluding hydrogens is 452 g/mol. The summed E-state index contributed by atoms with van der Waals surface area (Å²) in [5.74, 6) is 0.437. The van der Waals surface area contributed by atoms with Crippen molar-refractivity contribution in [2.24, 2.45) is 5.92 Å². The van der Waals surface area contributed by atoms with Gasteiger partial charge in [0.05, 0.1) is 4.90 Å². The zero-order chi connectivity index (χ0) is 23.7. The second-order valence-corrected chi connectivity index (χ2v) is 11.1. The number of aromatic nitrogens is 2. The van der Waals surface area contributed by atoms with Crippen molar-refractivity contribution in [2.45, 2.75) is 50.3 Å². The number of aryl methyl sites for hydroxylation is 2. The van der Waals surface area contributed by atoms with Crippen LogP contribution in [-0.4, -0.2) is 41.9 Å². The third-order valence-electron chi connectivity index (χ3n) is 6.74. The van der Waals surface area contributed by atoms with E-state index in [9.17, 15) is 13.2 Å². The molecular formula is C25H28N4O4S. The molecule has 2 aromatic carbocycles. The van der Waals surface area contributed by atoms with E-state index < -0.39 is 15.9 Å². The molecule has 178 valence electrons. The maximum atomic E-state index is 12.9. The van der Waals surface area contributed by atoms with Gasteiger partial charge >= 0.3 is 6.01 Å². The lowest BCUT2D eigenvalue weighted by molar-refractivity contribution is 0.102. The van der Waals surface area contributed by atoms with Crippen molar-refractivity contribution in [3.63, 3.8) is 0 Å². The van der Waals surface area contributed by atoms with Gasteiger partial charge in [-0.2, -0.15) is 4.31 Å². The molecule has 34 heavy (non-hydrogen) atoms. The van der Waals surface area contributed by atoms with Gasteiger partial charge in [-0.1, -0.05) is 18.1 Å². The van der Waals surface area contributed by atoms with E-state index in [1.165, 1.54) is 52.5 Å². The van der Waals surface area contributed by atoms with E-state index in [0.29, 0.717) is 30.5 Å². The van der Waals surface area contributed by atoms with E-state index in [1.807, 2.05) is 6.07 Å². The van der Waals surface area contributed by atoms with E-state index in [-0.39, 0.29) is 10.9 Å². The molecule has 5 rings (SSSR count). The first-order valence-electron chi connectivity index (χ1n) is 11.8. The maximum Gasteiger partial charge on any atom is 0.322 e. The van der Waals surface area contributed by atoms with Crippen LogP contribution in [0.4, 0.5) is 6.01 Å². The molecule has 0 spiro atoms. The zero-order valence-corrected chi connectivity index (χ0v) is 20.0. The summed E-state index contributed by atoms with van der Waals surface area (Å²) in [7, 11) is -3.56. The molecule has 1 aromatic heterocycles. The van der Waals surface area contributed by atoms with E-state index in [0.717, 1.165) is 31.2 Å². The fourth-order valence-corrected chi connectivity index (χ4v) is 6.05. The Morgan fingerprint density at radius 3 is 2.44 bits per heavy atom. The average Bonchev–Trinajstić information content (AvgIpc) is 3.32. The van der Waals surface area contributed by atoms with Gasteiger partial charge in [0.2, 0.25) is 15.9 Å². The fraction of sp³-hybridized carbons (Fsp3) is 0.400. The minimum atomic E-state index is -3.56. The number of benzene rings is 2. The van der Waals surface area contributed by atoms with Crippen molar-refractivity contribution in [3.8, 4) is 11.5 Å². The smallest absolute Gasteiger partial charge is 0.322 e. The number of sulfonamides is 1. The van der Waals surface area contributed by atoms with Gasteiger partial charge in [0.15, 0.2) is 0 Å². The predicted octanol–water partition coefficient (Wildman–Crippen LogP) is 4.29. The number of amides is 1. The van der Waals surface area contributed by atoms with Crippen molar-refractivity contribution in [1.29, 1.82) is 0 Å². The van der Waals surface area contributed by atoms with Gasteiger partial charge in [-0.25, -0.2) is 8.42 Å². The Balaban J connectivity index is 1.26. The first kappa shape index (κ1) is 22.7. The van der Waals surface area contributed by atoms with Gasteiger partial charge in [-0.05, 0) is 92.0 Å². The summed E-state index contributed by atoms with van der Waals surface area (Å²) in [6, 6.07) is 12.1. The summed E-state index contributed by atoms with van der Waals surface area (Å²) in [5.41, 5.74) is 3.81. The minimum absolute atomic E-state index is 0.00291. The first-order chi connectivity index (χ1) is 16.4. The molecule has 1 fully saturated rings. The Hall–Kier alpha value is -3.04. The highest BCUT2D eigenvalue weighted by Gasteiger charge is 2.28. The molecule has 2 aliphatic rings. The summed E-state index contributed by atoms with van der Waals surface area (Å²) in [6.45, 7) is 3.18. The topological polar surface area (TPSA) is 105 Å². The third kappa shape index (κ3) is 4.63. The van der Waals surface area contributed by atoms with Gasteiger partial charge in [0.1, 0.15) is 0 Å². The van der Waals surface area contributed by atoms with Crippen LogP contribution in [0.5, 0.6) is 0 Å². The van der Waals surface area contributed by atoms with Crippen molar-refractivity contribution >= 4 is 21.9 Å². The molecule has 8 nitrogen and oxygen atoms in total. The van der Waals surface area contributed by atoms with Crippen LogP contribution >= 0.6 is 0 Å². The molecule has 2 heterocycles. The van der Waals surface area contributed by atoms with Crippen LogP contribution in [0.3, 0.4) is 0 Å². The molecule has 1 saturated heterocycles. The average molecular weight is 481 g/mol. The monoisotopic (exact) mass is 480 g/mol. The number of hydrogen-bond acceptors (Lipinski definition) is 6. The lowest BCUT2D eigenvalue weighted by Crippen LogP contribution is -2.37. The Morgan fingerprint density at radius 2 is 1.71 bits per heavy atom. The molecule has 1 amide bonds. The Labute approximate surface area is 199 Å². The number of piperidine rings is 1. The molecule has 9 heteroatoms. The van der Waals surface area contributed by atoms with Crippen LogP contribution in [0.2, 0.25) is 0 Å². The standard InChI is InChI=1S/C25H28N4O4S/c1-17-12-14-29(15-13-17)34(31,32)22-10-8-19(9-11-22)23(30)26-25-28-27-24(33-25)21-7-6-18-4-2-3-5-20(18)16-21/h6-11,16-17H,2-5,12-15H2,1H3,(H,26,28,30). The van der Waals surface area contributed by atoms with Crippen LogP contribution in [0.25, 0.3) is 11.5 Å². The van der Waals surface area contributed by atoms with Crippen molar-refractivity contribution < 1.29 is 17.6 Å². The van der Waals surface area contributed by atoms with Gasteiger partial charge in [-0.3, -0.25) is 10.1 Å². The van der Waals surface area contributed by atoms with E-state index in [4.69, 9.17) is 4.42 Å². The SMILES string of the molecule is CC1CCN(S(=O)(=O)c2ccc(C(=O)Nc3nnc(-c4ccc5c(c4)CCCC5)o3)cc2)CC1. The van der Waals surface area contributed by atoms with E-state index >= 15 is 0 Å². The number of nitrogens with zero attached hydrogens (tertiary/aromatic N) is 3. The highest BCUT2D eigenvalue weighted by Crippen LogP contribution is 2.28. The zero-order valence-electron chi connectivity index (χ0n) is 19.2. The molecule has 1 N–H and O–H groups in total. The van der Waals surface area contributed by atoms with Crippen LogP contribution in [0.1, 0.15) is 54.1 Å². The number of hydrogen-bond donors (Lipinski definition) is 1. The maximum absolute atomic E-state index is 12.9. The second kappa shape index (κ2) is 9.31. The van der Waals surface area contributed by atoms with E-state index in [1.54, 1.807) is 0 Å². The van der Waals surface area contributed by atoms with Crippen LogP contribution in [-0.2, 0) is 22.9 Å². The van der Waals surface area contributed by atoms with Crippen LogP contribution in [0.15, 0.2) is 51.8 Å². The van der Waals surface area contributed by atoms with Gasteiger partial charge in [0, 0.05) is 24.2 Å². The van der Waals surface area contributed by atoms with Gasteiger partial charge in [-0.15, -0.1) is 5.10 Å². The van der Waals surface area contributed by atoms with Crippen LogP contribution in [0, 0.1) is 5.92 Å². The summed E-state index contributed by atoms with van der Waals surface area (Å²) >= 11 is 0. The number of carbonyl (C=O) groups excluding carboxylic acids is 1. The molecule has 0 radical (unpaired) electrons. The third-order valence-corrected chi connectivity index (χ3v) is 8.65. The Kier molecular flexibility index (Phi) is 6.22. The quantitative estimate of drug-likeness (QED) is 0.584. The lowest BCUT2D eigenvalue weighted by Gasteiger charge is -2.29. The summed E-state index contributed by atoms with van der Waals surface area (Å²) < 4.78 is 32.9. The molecule has 0 atom stereocenters. The first-order valence-corrected chi connectivity index (χ1v) is 13.2. The molecule has 0 saturated carbocycles. The van der Waals surface area contributed by atoms with Gasteiger partial charge in [0.25, 0.3) is 5.91 Å². The van der Waals surface area contributed by atoms with Crippen molar-refractivity contribution in [3.05, 3.63) is 59.2 Å². The Morgan fingerprint density at radius 1 is 1.00 bits per heavy atom. The number of rotatable bonds is 5. The normalized spacial score (nSPS) is 17.3. The highest BCUT2D eigenvalue weighted by atomic mass is 32.2. The summed E-state index contributed by atoms with van der Waals surface area (Å²) in [4.78, 5) is 12.8. The van der Waals surface area contributed by atoms with Gasteiger partial charge < -0.3 is 4.42 Å². The van der Waals surface area contributed by atoms with Crippen molar-refractivity contribution in [2.75, 3.05) is 18.4 Å². The molecule has 0 bridgehead atoms. The highest BCUT2D eigenvalue weighted by molar-refractivity contribution is 7.89. The number of fused-ring (bicyclic) bond motifs is 1. The predicted molar refractivity (Wildman–Crippen MR) is 128 cm³/mol. The Bertz CT molecular complexity index is 1290.